The minimum atomic E-state index is -0.273. The minimum Gasteiger partial charge on any atom is -0.467 e. The molecule has 0 bridgehead atoms. The summed E-state index contributed by atoms with van der Waals surface area (Å²) in [5, 5.41) is 0. The van der Waals surface area contributed by atoms with Crippen LogP contribution in [-0.2, 0) is 11.3 Å². The number of halogens is 1. The van der Waals surface area contributed by atoms with E-state index in [4.69, 9.17) is 4.42 Å². The number of amides is 1. The normalized spacial score (nSPS) is 10.4. The molecule has 0 atom stereocenters. The van der Waals surface area contributed by atoms with Gasteiger partial charge in [-0.1, -0.05) is 0 Å². The number of hydrogen-bond acceptors (Lipinski definition) is 3. The Morgan fingerprint density at radius 3 is 2.68 bits per heavy atom. The summed E-state index contributed by atoms with van der Waals surface area (Å²) in [6.45, 7) is 0.454. The average molecular weight is 279 g/mol. The monoisotopic (exact) mass is 279 g/mol. The number of benzene rings is 1. The predicted octanol–water partition coefficient (Wildman–Crippen LogP) is 3.17. The fraction of sp³-hybridized carbons (Fsp3) is 0.214. The van der Waals surface area contributed by atoms with Gasteiger partial charge in [-0.3, -0.25) is 4.79 Å². The fourth-order valence-corrected chi connectivity index (χ4v) is 2.35. The third kappa shape index (κ3) is 4.13. The maximum Gasteiger partial charge on any atom is 0.233 e. The Morgan fingerprint density at radius 2 is 2.05 bits per heavy atom. The first-order chi connectivity index (χ1) is 9.15. The standard InChI is InChI=1S/C14H14FNO2S/c1-16(9-12-3-2-8-18-12)14(17)10-19-13-6-4-11(15)5-7-13/h2-8H,9-10H2,1H3. The lowest BCUT2D eigenvalue weighted by Gasteiger charge is -2.15. The van der Waals surface area contributed by atoms with E-state index >= 15 is 0 Å². The van der Waals surface area contributed by atoms with E-state index in [-0.39, 0.29) is 11.7 Å². The topological polar surface area (TPSA) is 33.5 Å². The molecular weight excluding hydrogens is 265 g/mol. The molecule has 0 fully saturated rings. The van der Waals surface area contributed by atoms with Gasteiger partial charge >= 0.3 is 0 Å². The van der Waals surface area contributed by atoms with Gasteiger partial charge in [0, 0.05) is 11.9 Å². The van der Waals surface area contributed by atoms with Gasteiger partial charge in [0.2, 0.25) is 5.91 Å². The maximum absolute atomic E-state index is 12.7. The Bertz CT molecular complexity index is 525. The number of carbonyl (C=O) groups excluding carboxylic acids is 1. The summed E-state index contributed by atoms with van der Waals surface area (Å²) in [7, 11) is 1.73. The molecule has 1 heterocycles. The lowest BCUT2D eigenvalue weighted by molar-refractivity contribution is -0.127. The number of hydrogen-bond donors (Lipinski definition) is 0. The van der Waals surface area contributed by atoms with Crippen molar-refractivity contribution < 1.29 is 13.6 Å². The molecule has 0 radical (unpaired) electrons. The van der Waals surface area contributed by atoms with Gasteiger partial charge < -0.3 is 9.32 Å². The summed E-state index contributed by atoms with van der Waals surface area (Å²) in [5.41, 5.74) is 0. The molecule has 1 aromatic heterocycles. The smallest absolute Gasteiger partial charge is 0.233 e. The van der Waals surface area contributed by atoms with Crippen LogP contribution in [0.3, 0.4) is 0 Å². The Kier molecular flexibility index (Phi) is 4.63. The molecule has 2 rings (SSSR count). The molecule has 19 heavy (non-hydrogen) atoms. The molecule has 2 aromatic rings. The van der Waals surface area contributed by atoms with Crippen LogP contribution in [0, 0.1) is 5.82 Å². The fourth-order valence-electron chi connectivity index (χ4n) is 1.51. The molecule has 0 saturated carbocycles. The molecule has 0 aliphatic rings. The third-order valence-corrected chi connectivity index (χ3v) is 3.57. The summed E-state index contributed by atoms with van der Waals surface area (Å²) in [4.78, 5) is 14.4. The van der Waals surface area contributed by atoms with Crippen molar-refractivity contribution in [2.45, 2.75) is 11.4 Å². The van der Waals surface area contributed by atoms with Crippen molar-refractivity contribution in [3.63, 3.8) is 0 Å². The first kappa shape index (κ1) is 13.7. The van der Waals surface area contributed by atoms with Crippen LogP contribution in [0.4, 0.5) is 4.39 Å². The summed E-state index contributed by atoms with van der Waals surface area (Å²) < 4.78 is 17.9. The van der Waals surface area contributed by atoms with Crippen LogP contribution in [0.15, 0.2) is 52.0 Å². The molecule has 1 aromatic carbocycles. The lowest BCUT2D eigenvalue weighted by Crippen LogP contribution is -2.27. The predicted molar refractivity (Wildman–Crippen MR) is 72.3 cm³/mol. The number of carbonyl (C=O) groups is 1. The number of thioether (sulfide) groups is 1. The van der Waals surface area contributed by atoms with Crippen LogP contribution in [0.5, 0.6) is 0 Å². The van der Waals surface area contributed by atoms with Crippen LogP contribution < -0.4 is 0 Å². The van der Waals surface area contributed by atoms with Crippen molar-refractivity contribution >= 4 is 17.7 Å². The summed E-state index contributed by atoms with van der Waals surface area (Å²) >= 11 is 1.39. The zero-order chi connectivity index (χ0) is 13.7. The highest BCUT2D eigenvalue weighted by Crippen LogP contribution is 2.18. The van der Waals surface area contributed by atoms with Crippen molar-refractivity contribution in [1.29, 1.82) is 0 Å². The van der Waals surface area contributed by atoms with Crippen LogP contribution in [0.1, 0.15) is 5.76 Å². The molecule has 0 spiro atoms. The highest BCUT2D eigenvalue weighted by atomic mass is 32.2. The van der Waals surface area contributed by atoms with Crippen molar-refractivity contribution in [2.24, 2.45) is 0 Å². The average Bonchev–Trinajstić information content (AvgIpc) is 2.90. The van der Waals surface area contributed by atoms with Gasteiger partial charge in [-0.25, -0.2) is 4.39 Å². The number of rotatable bonds is 5. The number of nitrogens with zero attached hydrogens (tertiary/aromatic N) is 1. The van der Waals surface area contributed by atoms with E-state index in [2.05, 4.69) is 0 Å². The van der Waals surface area contributed by atoms with Gasteiger partial charge in [-0.2, -0.15) is 0 Å². The molecule has 1 amide bonds. The van der Waals surface area contributed by atoms with Gasteiger partial charge in [0.05, 0.1) is 18.6 Å². The highest BCUT2D eigenvalue weighted by Gasteiger charge is 2.11. The van der Waals surface area contributed by atoms with E-state index in [1.165, 1.54) is 23.9 Å². The zero-order valence-electron chi connectivity index (χ0n) is 10.5. The summed E-state index contributed by atoms with van der Waals surface area (Å²) in [6, 6.07) is 9.73. The summed E-state index contributed by atoms with van der Waals surface area (Å²) in [6.07, 6.45) is 1.58. The molecule has 0 N–H and O–H groups in total. The Hall–Kier alpha value is -1.75. The minimum absolute atomic E-state index is 0.00530. The molecule has 5 heteroatoms. The van der Waals surface area contributed by atoms with E-state index in [1.54, 1.807) is 36.4 Å². The third-order valence-electron chi connectivity index (χ3n) is 2.57. The first-order valence-corrected chi connectivity index (χ1v) is 6.78. The Morgan fingerprint density at radius 1 is 1.32 bits per heavy atom. The van der Waals surface area contributed by atoms with E-state index in [0.717, 1.165) is 10.7 Å². The van der Waals surface area contributed by atoms with Gasteiger partial charge in [0.1, 0.15) is 11.6 Å². The molecule has 0 aliphatic carbocycles. The van der Waals surface area contributed by atoms with Crippen LogP contribution in [-0.4, -0.2) is 23.6 Å². The molecule has 0 saturated heterocycles. The number of furan rings is 1. The molecule has 3 nitrogen and oxygen atoms in total. The quantitative estimate of drug-likeness (QED) is 0.788. The van der Waals surface area contributed by atoms with Crippen molar-refractivity contribution in [2.75, 3.05) is 12.8 Å². The maximum atomic E-state index is 12.7. The second kappa shape index (κ2) is 6.43. The van der Waals surface area contributed by atoms with E-state index in [1.807, 2.05) is 6.07 Å². The van der Waals surface area contributed by atoms with Crippen molar-refractivity contribution in [3.05, 3.63) is 54.2 Å². The van der Waals surface area contributed by atoms with E-state index in [9.17, 15) is 9.18 Å². The molecule has 100 valence electrons. The summed E-state index contributed by atoms with van der Waals surface area (Å²) in [5.74, 6) is 0.807. The molecule has 0 aliphatic heterocycles. The van der Waals surface area contributed by atoms with E-state index in [0.29, 0.717) is 12.3 Å². The van der Waals surface area contributed by atoms with Gasteiger partial charge in [-0.05, 0) is 36.4 Å². The SMILES string of the molecule is CN(Cc1ccco1)C(=O)CSc1ccc(F)cc1. The molecular formula is C14H14FNO2S. The first-order valence-electron chi connectivity index (χ1n) is 5.80. The zero-order valence-corrected chi connectivity index (χ0v) is 11.3. The van der Waals surface area contributed by atoms with Crippen molar-refractivity contribution in [1.82, 2.24) is 4.90 Å². The molecule has 0 unspecified atom stereocenters. The Labute approximate surface area is 115 Å². The highest BCUT2D eigenvalue weighted by molar-refractivity contribution is 8.00. The van der Waals surface area contributed by atoms with Crippen LogP contribution in [0.2, 0.25) is 0 Å². The second-order valence-electron chi connectivity index (χ2n) is 4.07. The second-order valence-corrected chi connectivity index (χ2v) is 5.12. The van der Waals surface area contributed by atoms with Gasteiger partial charge in [0.15, 0.2) is 0 Å². The largest absolute Gasteiger partial charge is 0.467 e. The van der Waals surface area contributed by atoms with Gasteiger partial charge in [-0.15, -0.1) is 11.8 Å². The lowest BCUT2D eigenvalue weighted by atomic mass is 10.4. The van der Waals surface area contributed by atoms with Crippen LogP contribution in [0.25, 0.3) is 0 Å². The Balaban J connectivity index is 1.82. The van der Waals surface area contributed by atoms with Crippen molar-refractivity contribution in [3.8, 4) is 0 Å². The van der Waals surface area contributed by atoms with E-state index < -0.39 is 0 Å². The van der Waals surface area contributed by atoms with Crippen LogP contribution >= 0.6 is 11.8 Å². The van der Waals surface area contributed by atoms with Gasteiger partial charge in [0.25, 0.3) is 0 Å².